The molecule has 0 unspecified atom stereocenters. The van der Waals surface area contributed by atoms with E-state index in [9.17, 15) is 9.59 Å². The molecule has 0 atom stereocenters. The molecule has 28 heavy (non-hydrogen) atoms. The molecule has 1 N–H and O–H groups in total. The second-order valence-electron chi connectivity index (χ2n) is 7.69. The lowest BCUT2D eigenvalue weighted by Crippen LogP contribution is -2.43. The Kier molecular flexibility index (Phi) is 7.30. The van der Waals surface area contributed by atoms with Gasteiger partial charge in [-0.15, -0.1) is 0 Å². The first kappa shape index (κ1) is 20.6. The quantitative estimate of drug-likeness (QED) is 0.714. The fraction of sp³-hybridized carbons (Fsp3) is 0.750. The summed E-state index contributed by atoms with van der Waals surface area (Å²) in [6.45, 7) is 4.27. The molecule has 0 aromatic carbocycles. The number of nitrogens with one attached hydrogen (secondary N) is 1. The van der Waals surface area contributed by atoms with Gasteiger partial charge in [0.25, 0.3) is 0 Å². The second kappa shape index (κ2) is 9.91. The number of nitrogens with zero attached hydrogens (tertiary/aromatic N) is 4. The number of fused-ring (bicyclic) bond motifs is 1. The van der Waals surface area contributed by atoms with Crippen molar-refractivity contribution in [2.24, 2.45) is 7.05 Å². The molecule has 0 spiro atoms. The summed E-state index contributed by atoms with van der Waals surface area (Å²) in [5, 5.41) is 7.62. The molecule has 1 aromatic rings. The van der Waals surface area contributed by atoms with Gasteiger partial charge in [-0.3, -0.25) is 9.48 Å². The summed E-state index contributed by atoms with van der Waals surface area (Å²) in [4.78, 5) is 28.8. The zero-order chi connectivity index (χ0) is 19.9. The van der Waals surface area contributed by atoms with E-state index in [1.807, 2.05) is 21.5 Å². The van der Waals surface area contributed by atoms with Crippen LogP contribution in [0, 0.1) is 0 Å². The van der Waals surface area contributed by atoms with E-state index in [0.29, 0.717) is 39.1 Å². The summed E-state index contributed by atoms with van der Waals surface area (Å²) >= 11 is 0. The van der Waals surface area contributed by atoms with Gasteiger partial charge in [-0.2, -0.15) is 5.10 Å². The van der Waals surface area contributed by atoms with Crippen LogP contribution in [-0.4, -0.2) is 71.4 Å². The van der Waals surface area contributed by atoms with E-state index in [-0.39, 0.29) is 11.9 Å². The van der Waals surface area contributed by atoms with E-state index in [0.717, 1.165) is 50.0 Å². The van der Waals surface area contributed by atoms with Crippen molar-refractivity contribution in [3.05, 3.63) is 17.0 Å². The molecule has 3 heterocycles. The third kappa shape index (κ3) is 5.04. The number of hydrogen-bond donors (Lipinski definition) is 1. The van der Waals surface area contributed by atoms with Gasteiger partial charge in [0, 0.05) is 77.5 Å². The van der Waals surface area contributed by atoms with Crippen molar-refractivity contribution in [3.63, 3.8) is 0 Å². The lowest BCUT2D eigenvalue weighted by molar-refractivity contribution is -0.132. The highest BCUT2D eigenvalue weighted by Crippen LogP contribution is 2.23. The molecule has 1 saturated heterocycles. The van der Waals surface area contributed by atoms with E-state index >= 15 is 0 Å². The SMILES string of the molecule is COCCCNC(=O)N1CCc2c(c(CCC(=O)N3CCCCC3)nn2C)C1. The summed E-state index contributed by atoms with van der Waals surface area (Å²) in [6.07, 6.45) is 6.18. The Morgan fingerprint density at radius 2 is 1.93 bits per heavy atom. The summed E-state index contributed by atoms with van der Waals surface area (Å²) in [6, 6.07) is -0.0408. The van der Waals surface area contributed by atoms with Gasteiger partial charge >= 0.3 is 6.03 Å². The Morgan fingerprint density at radius 3 is 2.68 bits per heavy atom. The van der Waals surface area contributed by atoms with Crippen LogP contribution in [0.1, 0.15) is 49.1 Å². The summed E-state index contributed by atoms with van der Waals surface area (Å²) in [5.74, 6) is 0.225. The molecule has 0 bridgehead atoms. The van der Waals surface area contributed by atoms with E-state index < -0.39 is 0 Å². The van der Waals surface area contributed by atoms with Crippen LogP contribution in [0.5, 0.6) is 0 Å². The van der Waals surface area contributed by atoms with Gasteiger partial charge in [-0.25, -0.2) is 4.79 Å². The molecule has 0 radical (unpaired) electrons. The molecular weight excluding hydrogens is 358 g/mol. The predicted octanol–water partition coefficient (Wildman–Crippen LogP) is 1.47. The number of urea groups is 1. The number of likely N-dealkylation sites (tertiary alicyclic amines) is 1. The number of aromatic nitrogens is 2. The monoisotopic (exact) mass is 391 g/mol. The number of aryl methyl sites for hydroxylation is 2. The molecule has 2 aliphatic heterocycles. The molecule has 156 valence electrons. The zero-order valence-electron chi connectivity index (χ0n) is 17.2. The number of methoxy groups -OCH3 is 1. The van der Waals surface area contributed by atoms with Gasteiger partial charge in [-0.1, -0.05) is 0 Å². The van der Waals surface area contributed by atoms with Crippen molar-refractivity contribution in [2.75, 3.05) is 39.9 Å². The highest BCUT2D eigenvalue weighted by atomic mass is 16.5. The minimum atomic E-state index is -0.0408. The number of carbonyl (C=O) groups excluding carboxylic acids is 2. The molecule has 0 saturated carbocycles. The number of rotatable bonds is 7. The normalized spacial score (nSPS) is 16.8. The topological polar surface area (TPSA) is 79.7 Å². The first-order valence-electron chi connectivity index (χ1n) is 10.4. The highest BCUT2D eigenvalue weighted by molar-refractivity contribution is 5.76. The van der Waals surface area contributed by atoms with Crippen LogP contribution in [0.3, 0.4) is 0 Å². The van der Waals surface area contributed by atoms with Crippen LogP contribution in [-0.2, 0) is 36.0 Å². The lowest BCUT2D eigenvalue weighted by Gasteiger charge is -2.28. The van der Waals surface area contributed by atoms with Crippen molar-refractivity contribution >= 4 is 11.9 Å². The van der Waals surface area contributed by atoms with Crippen LogP contribution < -0.4 is 5.32 Å². The minimum Gasteiger partial charge on any atom is -0.385 e. The lowest BCUT2D eigenvalue weighted by atomic mass is 10.0. The Morgan fingerprint density at radius 1 is 1.14 bits per heavy atom. The van der Waals surface area contributed by atoms with Crippen LogP contribution in [0.15, 0.2) is 0 Å². The predicted molar refractivity (Wildman–Crippen MR) is 106 cm³/mol. The van der Waals surface area contributed by atoms with Crippen molar-refractivity contribution in [3.8, 4) is 0 Å². The standard InChI is InChI=1S/C20H33N5O3/c1-23-18-9-13-25(20(27)21-10-6-14-28-2)15-16(18)17(22-23)7-8-19(26)24-11-4-3-5-12-24/h3-15H2,1-2H3,(H,21,27). The molecule has 0 aliphatic carbocycles. The zero-order valence-corrected chi connectivity index (χ0v) is 17.2. The van der Waals surface area contributed by atoms with Crippen molar-refractivity contribution in [2.45, 2.75) is 51.5 Å². The van der Waals surface area contributed by atoms with Crippen molar-refractivity contribution in [1.29, 1.82) is 0 Å². The van der Waals surface area contributed by atoms with E-state index in [2.05, 4.69) is 10.4 Å². The van der Waals surface area contributed by atoms with Crippen LogP contribution in [0.25, 0.3) is 0 Å². The van der Waals surface area contributed by atoms with Crippen LogP contribution >= 0.6 is 0 Å². The second-order valence-corrected chi connectivity index (χ2v) is 7.69. The smallest absolute Gasteiger partial charge is 0.317 e. The molecular formula is C20H33N5O3. The minimum absolute atomic E-state index is 0.0408. The van der Waals surface area contributed by atoms with Gasteiger partial charge < -0.3 is 19.9 Å². The number of hydrogen-bond acceptors (Lipinski definition) is 4. The van der Waals surface area contributed by atoms with Gasteiger partial charge in [0.15, 0.2) is 0 Å². The number of ether oxygens (including phenoxy) is 1. The third-order valence-electron chi connectivity index (χ3n) is 5.70. The number of amides is 3. The number of piperidine rings is 1. The Labute approximate surface area is 167 Å². The maximum atomic E-state index is 12.5. The maximum Gasteiger partial charge on any atom is 0.317 e. The molecule has 1 fully saturated rings. The molecule has 1 aromatic heterocycles. The molecule has 3 amide bonds. The first-order valence-corrected chi connectivity index (χ1v) is 10.4. The summed E-state index contributed by atoms with van der Waals surface area (Å²) < 4.78 is 6.94. The Bertz CT molecular complexity index is 682. The van der Waals surface area contributed by atoms with Gasteiger partial charge in [0.05, 0.1) is 12.2 Å². The van der Waals surface area contributed by atoms with Crippen molar-refractivity contribution in [1.82, 2.24) is 24.9 Å². The Hall–Kier alpha value is -2.09. The van der Waals surface area contributed by atoms with E-state index in [4.69, 9.17) is 4.74 Å². The van der Waals surface area contributed by atoms with Crippen LogP contribution in [0.2, 0.25) is 0 Å². The highest BCUT2D eigenvalue weighted by Gasteiger charge is 2.27. The molecule has 2 aliphatic rings. The molecule has 8 nitrogen and oxygen atoms in total. The van der Waals surface area contributed by atoms with E-state index in [1.54, 1.807) is 7.11 Å². The fourth-order valence-electron chi connectivity index (χ4n) is 4.09. The first-order chi connectivity index (χ1) is 13.6. The summed E-state index contributed by atoms with van der Waals surface area (Å²) in [7, 11) is 3.61. The van der Waals surface area contributed by atoms with Crippen molar-refractivity contribution < 1.29 is 14.3 Å². The van der Waals surface area contributed by atoms with Crippen LogP contribution in [0.4, 0.5) is 4.79 Å². The summed E-state index contributed by atoms with van der Waals surface area (Å²) in [5.41, 5.74) is 3.26. The van der Waals surface area contributed by atoms with Gasteiger partial charge in [-0.05, 0) is 25.7 Å². The van der Waals surface area contributed by atoms with E-state index in [1.165, 1.54) is 12.1 Å². The Balaban J connectivity index is 1.57. The average Bonchev–Trinajstić information content (AvgIpc) is 3.05. The maximum absolute atomic E-state index is 12.5. The third-order valence-corrected chi connectivity index (χ3v) is 5.70. The number of carbonyl (C=O) groups is 2. The van der Waals surface area contributed by atoms with Gasteiger partial charge in [0.2, 0.25) is 5.91 Å². The molecule has 3 rings (SSSR count). The largest absolute Gasteiger partial charge is 0.385 e. The fourth-order valence-corrected chi connectivity index (χ4v) is 4.09. The average molecular weight is 392 g/mol. The van der Waals surface area contributed by atoms with Gasteiger partial charge in [0.1, 0.15) is 0 Å². The molecule has 8 heteroatoms.